The van der Waals surface area contributed by atoms with Crippen molar-refractivity contribution in [3.05, 3.63) is 101 Å². The van der Waals surface area contributed by atoms with Gasteiger partial charge in [-0.2, -0.15) is 4.98 Å². The Labute approximate surface area is 236 Å². The first-order chi connectivity index (χ1) is 19.9. The number of ether oxygens (including phenoxy) is 1. The normalized spacial score (nSPS) is 13.5. The molecule has 6 rings (SSSR count). The van der Waals surface area contributed by atoms with Crippen molar-refractivity contribution >= 4 is 28.4 Å². The molecule has 4 heterocycles. The van der Waals surface area contributed by atoms with Crippen molar-refractivity contribution in [1.82, 2.24) is 24.4 Å². The van der Waals surface area contributed by atoms with Gasteiger partial charge in [0.15, 0.2) is 0 Å². The summed E-state index contributed by atoms with van der Waals surface area (Å²) in [6, 6.07) is 20.5. The molecule has 10 heteroatoms. The number of hydrogen-bond acceptors (Lipinski definition) is 8. The highest BCUT2D eigenvalue weighted by Gasteiger charge is 2.27. The van der Waals surface area contributed by atoms with Crippen LogP contribution in [0.1, 0.15) is 35.4 Å². The molecule has 3 N–H and O–H groups in total. The second-order valence-corrected chi connectivity index (χ2v) is 9.90. The van der Waals surface area contributed by atoms with Gasteiger partial charge in [-0.05, 0) is 54.1 Å². The van der Waals surface area contributed by atoms with Crippen LogP contribution in [-0.2, 0) is 0 Å². The largest absolute Gasteiger partial charge is 0.481 e. The van der Waals surface area contributed by atoms with E-state index in [-0.39, 0.29) is 17.4 Å². The minimum Gasteiger partial charge on any atom is -0.481 e. The maximum atomic E-state index is 14.4. The molecule has 1 fully saturated rings. The molecule has 1 saturated heterocycles. The lowest BCUT2D eigenvalue weighted by atomic mass is 9.98. The molecule has 0 saturated carbocycles. The number of pyridine rings is 2. The first-order valence-corrected chi connectivity index (χ1v) is 13.4. The average Bonchev–Trinajstić information content (AvgIpc) is 2.96. The molecule has 206 valence electrons. The SMILES string of the molecule is COc1cc(-c2cccc3cc([C@H](C)Nc4nc(N)ncc4C(=O)N4CCC4)n(-c4ccccc4)c(=O)c23)ccn1. The van der Waals surface area contributed by atoms with Crippen LogP contribution in [0.3, 0.4) is 0 Å². The monoisotopic (exact) mass is 547 g/mol. The van der Waals surface area contributed by atoms with Crippen molar-refractivity contribution in [2.24, 2.45) is 0 Å². The third kappa shape index (κ3) is 4.84. The standard InChI is InChI=1S/C31H29N7O3/c1-19(35-28-24(18-34-31(32)36-28)29(39)37-14-7-15-37)25-16-21-8-6-11-23(20-12-13-33-26(17-20)41-2)27(21)30(40)38(25)22-9-4-3-5-10-22/h3-6,8-13,16-19H,7,14-15H2,1-2H3,(H3,32,34,35,36)/t19-/m0/s1. The molecule has 0 bridgehead atoms. The summed E-state index contributed by atoms with van der Waals surface area (Å²) in [7, 11) is 1.56. The zero-order valence-corrected chi connectivity index (χ0v) is 22.7. The van der Waals surface area contributed by atoms with Crippen molar-refractivity contribution in [2.75, 3.05) is 31.2 Å². The number of benzene rings is 2. The summed E-state index contributed by atoms with van der Waals surface area (Å²) >= 11 is 0. The number of hydrogen-bond donors (Lipinski definition) is 2. The summed E-state index contributed by atoms with van der Waals surface area (Å²) in [6.07, 6.45) is 4.09. The Balaban J connectivity index is 1.51. The smallest absolute Gasteiger partial charge is 0.263 e. The Bertz CT molecular complexity index is 1820. The molecule has 10 nitrogen and oxygen atoms in total. The lowest BCUT2D eigenvalue weighted by Crippen LogP contribution is -2.42. The summed E-state index contributed by atoms with van der Waals surface area (Å²) in [6.45, 7) is 3.32. The maximum Gasteiger partial charge on any atom is 0.263 e. The summed E-state index contributed by atoms with van der Waals surface area (Å²) < 4.78 is 7.03. The van der Waals surface area contributed by atoms with Crippen molar-refractivity contribution in [2.45, 2.75) is 19.4 Å². The minimum atomic E-state index is -0.436. The molecule has 5 aromatic rings. The van der Waals surface area contributed by atoms with Gasteiger partial charge < -0.3 is 20.7 Å². The van der Waals surface area contributed by atoms with Gasteiger partial charge in [-0.25, -0.2) is 9.97 Å². The minimum absolute atomic E-state index is 0.0521. The summed E-state index contributed by atoms with van der Waals surface area (Å²) in [4.78, 5) is 41.9. The third-order valence-electron chi connectivity index (χ3n) is 7.32. The van der Waals surface area contributed by atoms with Gasteiger partial charge in [0.05, 0.1) is 18.5 Å². The zero-order chi connectivity index (χ0) is 28.5. The van der Waals surface area contributed by atoms with Gasteiger partial charge in [-0.15, -0.1) is 0 Å². The van der Waals surface area contributed by atoms with Gasteiger partial charge in [0.1, 0.15) is 11.4 Å². The molecule has 1 atom stereocenters. The molecule has 0 unspecified atom stereocenters. The topological polar surface area (TPSA) is 128 Å². The maximum absolute atomic E-state index is 14.4. The quantitative estimate of drug-likeness (QED) is 0.306. The van der Waals surface area contributed by atoms with Crippen molar-refractivity contribution in [3.8, 4) is 22.7 Å². The number of nitrogen functional groups attached to an aromatic ring is 1. The number of carbonyl (C=O) groups is 1. The molecule has 2 aromatic carbocycles. The van der Waals surface area contributed by atoms with Gasteiger partial charge in [0.2, 0.25) is 11.8 Å². The number of likely N-dealkylation sites (tertiary alicyclic amines) is 1. The van der Waals surface area contributed by atoms with Crippen LogP contribution >= 0.6 is 0 Å². The van der Waals surface area contributed by atoms with Gasteiger partial charge in [0.25, 0.3) is 11.5 Å². The Morgan fingerprint density at radius 2 is 1.85 bits per heavy atom. The number of nitrogens with two attached hydrogens (primary N) is 1. The fraction of sp³-hybridized carbons (Fsp3) is 0.194. The molecular weight excluding hydrogens is 518 g/mol. The van der Waals surface area contributed by atoms with E-state index in [1.165, 1.54) is 6.20 Å². The molecule has 41 heavy (non-hydrogen) atoms. The van der Waals surface area contributed by atoms with E-state index in [0.29, 0.717) is 47.1 Å². The number of amides is 1. The van der Waals surface area contributed by atoms with E-state index >= 15 is 0 Å². The van der Waals surface area contributed by atoms with Crippen LogP contribution in [0, 0.1) is 0 Å². The average molecular weight is 548 g/mol. The van der Waals surface area contributed by atoms with Crippen LogP contribution in [0.2, 0.25) is 0 Å². The molecule has 1 aliphatic heterocycles. The van der Waals surface area contributed by atoms with Crippen LogP contribution in [0.25, 0.3) is 27.6 Å². The highest BCUT2D eigenvalue weighted by Crippen LogP contribution is 2.31. The Morgan fingerprint density at radius 1 is 1.05 bits per heavy atom. The van der Waals surface area contributed by atoms with Crippen LogP contribution in [0.5, 0.6) is 5.88 Å². The Morgan fingerprint density at radius 3 is 2.59 bits per heavy atom. The van der Waals surface area contributed by atoms with Gasteiger partial charge in [-0.3, -0.25) is 14.2 Å². The number of methoxy groups -OCH3 is 1. The van der Waals surface area contributed by atoms with Gasteiger partial charge in [-0.1, -0.05) is 36.4 Å². The highest BCUT2D eigenvalue weighted by atomic mass is 16.5. The summed E-state index contributed by atoms with van der Waals surface area (Å²) in [5, 5.41) is 4.70. The van der Waals surface area contributed by atoms with E-state index in [4.69, 9.17) is 10.5 Å². The summed E-state index contributed by atoms with van der Waals surface area (Å²) in [5.41, 5.74) is 9.09. The molecule has 1 amide bonds. The van der Waals surface area contributed by atoms with E-state index in [9.17, 15) is 9.59 Å². The van der Waals surface area contributed by atoms with Crippen LogP contribution in [0.15, 0.2) is 83.9 Å². The molecule has 0 spiro atoms. The summed E-state index contributed by atoms with van der Waals surface area (Å²) in [5.74, 6) is 0.690. The number of fused-ring (bicyclic) bond motifs is 1. The number of para-hydroxylation sites is 1. The van der Waals surface area contributed by atoms with Crippen LogP contribution < -0.4 is 21.3 Å². The molecular formula is C31H29N7O3. The number of rotatable bonds is 7. The highest BCUT2D eigenvalue weighted by molar-refractivity contribution is 5.99. The van der Waals surface area contributed by atoms with Crippen LogP contribution in [0.4, 0.5) is 11.8 Å². The van der Waals surface area contributed by atoms with E-state index in [1.807, 2.05) is 73.7 Å². The van der Waals surface area contributed by atoms with E-state index < -0.39 is 6.04 Å². The fourth-order valence-corrected chi connectivity index (χ4v) is 5.10. The fourth-order valence-electron chi connectivity index (χ4n) is 5.10. The molecule has 0 radical (unpaired) electrons. The van der Waals surface area contributed by atoms with Crippen LogP contribution in [-0.4, -0.2) is 50.5 Å². The van der Waals surface area contributed by atoms with Gasteiger partial charge in [0, 0.05) is 42.9 Å². The van der Waals surface area contributed by atoms with Crippen molar-refractivity contribution < 1.29 is 9.53 Å². The molecule has 0 aliphatic carbocycles. The lowest BCUT2D eigenvalue weighted by Gasteiger charge is -2.31. The lowest BCUT2D eigenvalue weighted by molar-refractivity contribution is 0.0652. The third-order valence-corrected chi connectivity index (χ3v) is 7.32. The van der Waals surface area contributed by atoms with E-state index in [1.54, 1.807) is 22.8 Å². The number of nitrogens with one attached hydrogen (secondary N) is 1. The zero-order valence-electron chi connectivity index (χ0n) is 22.7. The number of carbonyl (C=O) groups excluding carboxylic acids is 1. The predicted octanol–water partition coefficient (Wildman–Crippen LogP) is 4.45. The number of aromatic nitrogens is 4. The Kier molecular flexibility index (Phi) is 6.80. The first kappa shape index (κ1) is 26.0. The second kappa shape index (κ2) is 10.7. The van der Waals surface area contributed by atoms with E-state index in [2.05, 4.69) is 20.3 Å². The van der Waals surface area contributed by atoms with E-state index in [0.717, 1.165) is 22.9 Å². The molecule has 3 aromatic heterocycles. The predicted molar refractivity (Wildman–Crippen MR) is 158 cm³/mol. The molecule has 1 aliphatic rings. The van der Waals surface area contributed by atoms with Crippen molar-refractivity contribution in [1.29, 1.82) is 0 Å². The number of nitrogens with zero attached hydrogens (tertiary/aromatic N) is 5. The first-order valence-electron chi connectivity index (χ1n) is 13.4. The second-order valence-electron chi connectivity index (χ2n) is 9.90. The number of anilines is 2. The van der Waals surface area contributed by atoms with Gasteiger partial charge >= 0.3 is 0 Å². The van der Waals surface area contributed by atoms with Crippen molar-refractivity contribution in [3.63, 3.8) is 0 Å². The Hall–Kier alpha value is -5.25.